The summed E-state index contributed by atoms with van der Waals surface area (Å²) in [6, 6.07) is 7.89. The van der Waals surface area contributed by atoms with E-state index in [0.29, 0.717) is 19.0 Å². The van der Waals surface area contributed by atoms with E-state index in [2.05, 4.69) is 17.1 Å². The van der Waals surface area contributed by atoms with Crippen molar-refractivity contribution >= 4 is 5.91 Å². The van der Waals surface area contributed by atoms with Gasteiger partial charge < -0.3 is 15.8 Å². The molecule has 5 nitrogen and oxygen atoms in total. The molecule has 1 fully saturated rings. The first-order valence-electron chi connectivity index (χ1n) is 7.45. The molecule has 0 aromatic heterocycles. The molecule has 2 atom stereocenters. The van der Waals surface area contributed by atoms with Gasteiger partial charge in [0.25, 0.3) is 0 Å². The summed E-state index contributed by atoms with van der Waals surface area (Å²) in [6.07, 6.45) is 1.04. The van der Waals surface area contributed by atoms with Crippen molar-refractivity contribution < 1.29 is 9.53 Å². The van der Waals surface area contributed by atoms with Gasteiger partial charge in [0.05, 0.1) is 13.7 Å². The highest BCUT2D eigenvalue weighted by atomic mass is 16.5. The lowest BCUT2D eigenvalue weighted by molar-refractivity contribution is -0.122. The van der Waals surface area contributed by atoms with Gasteiger partial charge in [0.1, 0.15) is 5.75 Å². The molecule has 1 aromatic carbocycles. The Labute approximate surface area is 126 Å². The van der Waals surface area contributed by atoms with E-state index in [1.807, 2.05) is 24.3 Å². The second-order valence-electron chi connectivity index (χ2n) is 5.88. The molecule has 1 aliphatic heterocycles. The van der Waals surface area contributed by atoms with E-state index in [4.69, 9.17) is 10.5 Å². The van der Waals surface area contributed by atoms with Gasteiger partial charge in [0.15, 0.2) is 0 Å². The molecule has 1 heterocycles. The minimum Gasteiger partial charge on any atom is -0.496 e. The van der Waals surface area contributed by atoms with Gasteiger partial charge in [0, 0.05) is 31.2 Å². The summed E-state index contributed by atoms with van der Waals surface area (Å²) in [5, 5.41) is 2.95. The second-order valence-corrected chi connectivity index (χ2v) is 5.88. The van der Waals surface area contributed by atoms with Crippen LogP contribution >= 0.6 is 0 Å². The molecule has 2 rings (SSSR count). The first-order valence-corrected chi connectivity index (χ1v) is 7.45. The first-order chi connectivity index (χ1) is 10.1. The number of benzene rings is 1. The monoisotopic (exact) mass is 291 g/mol. The van der Waals surface area contributed by atoms with Crippen molar-refractivity contribution in [1.29, 1.82) is 0 Å². The van der Waals surface area contributed by atoms with E-state index in [-0.39, 0.29) is 11.9 Å². The third kappa shape index (κ3) is 4.72. The Bertz CT molecular complexity index is 468. The van der Waals surface area contributed by atoms with Crippen LogP contribution in [0.4, 0.5) is 0 Å². The minimum absolute atomic E-state index is 0.0298. The van der Waals surface area contributed by atoms with Gasteiger partial charge in [-0.25, -0.2) is 0 Å². The fraction of sp³-hybridized carbons (Fsp3) is 0.562. The Morgan fingerprint density at radius 3 is 2.90 bits per heavy atom. The fourth-order valence-electron chi connectivity index (χ4n) is 2.94. The Balaban J connectivity index is 1.82. The van der Waals surface area contributed by atoms with Crippen molar-refractivity contribution in [3.05, 3.63) is 29.8 Å². The van der Waals surface area contributed by atoms with Gasteiger partial charge in [0.2, 0.25) is 5.91 Å². The number of para-hydroxylation sites is 1. The molecule has 1 aromatic rings. The summed E-state index contributed by atoms with van der Waals surface area (Å²) in [4.78, 5) is 14.2. The number of hydrogen-bond donors (Lipinski definition) is 2. The molecular weight excluding hydrogens is 266 g/mol. The topological polar surface area (TPSA) is 67.6 Å². The summed E-state index contributed by atoms with van der Waals surface area (Å²) >= 11 is 0. The first kappa shape index (κ1) is 15.8. The number of ether oxygens (including phenoxy) is 1. The third-order valence-electron chi connectivity index (χ3n) is 3.80. The highest BCUT2D eigenvalue weighted by molar-refractivity contribution is 5.78. The van der Waals surface area contributed by atoms with Crippen LogP contribution in [0.2, 0.25) is 0 Å². The Morgan fingerprint density at radius 2 is 2.19 bits per heavy atom. The summed E-state index contributed by atoms with van der Waals surface area (Å²) in [6.45, 7) is 4.81. The molecule has 1 aliphatic rings. The van der Waals surface area contributed by atoms with Crippen LogP contribution in [0.3, 0.4) is 0 Å². The van der Waals surface area contributed by atoms with Crippen LogP contribution < -0.4 is 15.8 Å². The Kier molecular flexibility index (Phi) is 5.59. The van der Waals surface area contributed by atoms with Crippen molar-refractivity contribution in [3.8, 4) is 5.75 Å². The largest absolute Gasteiger partial charge is 0.496 e. The van der Waals surface area contributed by atoms with E-state index >= 15 is 0 Å². The van der Waals surface area contributed by atoms with Crippen molar-refractivity contribution in [3.63, 3.8) is 0 Å². The Hall–Kier alpha value is -1.59. The molecule has 5 heteroatoms. The zero-order valence-corrected chi connectivity index (χ0v) is 12.8. The van der Waals surface area contributed by atoms with Crippen molar-refractivity contribution in [1.82, 2.24) is 10.2 Å². The SMILES string of the molecule is COc1ccccc1CNC(=O)CN1CC(C)CC(N)C1. The number of piperidine rings is 1. The standard InChI is InChI=1S/C16H25N3O2/c1-12-7-14(17)10-19(9-12)11-16(20)18-8-13-5-3-4-6-15(13)21-2/h3-6,12,14H,7-11,17H2,1-2H3,(H,18,20). The maximum absolute atomic E-state index is 12.1. The van der Waals surface area contributed by atoms with Crippen LogP contribution in [0.15, 0.2) is 24.3 Å². The maximum Gasteiger partial charge on any atom is 0.234 e. The number of nitrogens with zero attached hydrogens (tertiary/aromatic N) is 1. The maximum atomic E-state index is 12.1. The zero-order valence-electron chi connectivity index (χ0n) is 12.8. The molecule has 0 bridgehead atoms. The van der Waals surface area contributed by atoms with Crippen LogP contribution in [0.25, 0.3) is 0 Å². The summed E-state index contributed by atoms with van der Waals surface area (Å²) < 4.78 is 5.28. The van der Waals surface area contributed by atoms with Gasteiger partial charge in [-0.05, 0) is 18.4 Å². The highest BCUT2D eigenvalue weighted by Crippen LogP contribution is 2.17. The number of carbonyl (C=O) groups excluding carboxylic acids is 1. The predicted octanol–water partition coefficient (Wildman–Crippen LogP) is 0.981. The number of hydrogen-bond acceptors (Lipinski definition) is 4. The quantitative estimate of drug-likeness (QED) is 0.848. The lowest BCUT2D eigenvalue weighted by atomic mass is 9.97. The number of rotatable bonds is 5. The van der Waals surface area contributed by atoms with E-state index < -0.39 is 0 Å². The zero-order chi connectivity index (χ0) is 15.2. The molecule has 0 radical (unpaired) electrons. The molecule has 21 heavy (non-hydrogen) atoms. The molecule has 116 valence electrons. The van der Waals surface area contributed by atoms with E-state index in [1.165, 1.54) is 0 Å². The van der Waals surface area contributed by atoms with Crippen molar-refractivity contribution in [2.45, 2.75) is 25.9 Å². The van der Waals surface area contributed by atoms with Crippen molar-refractivity contribution in [2.24, 2.45) is 11.7 Å². The molecule has 1 saturated heterocycles. The summed E-state index contributed by atoms with van der Waals surface area (Å²) in [7, 11) is 1.64. The molecule has 3 N–H and O–H groups in total. The van der Waals surface area contributed by atoms with Gasteiger partial charge in [-0.15, -0.1) is 0 Å². The van der Waals surface area contributed by atoms with E-state index in [0.717, 1.165) is 30.8 Å². The van der Waals surface area contributed by atoms with Crippen LogP contribution in [-0.2, 0) is 11.3 Å². The summed E-state index contributed by atoms with van der Waals surface area (Å²) in [5.41, 5.74) is 6.99. The number of methoxy groups -OCH3 is 1. The Morgan fingerprint density at radius 1 is 1.43 bits per heavy atom. The average molecular weight is 291 g/mol. The molecule has 0 saturated carbocycles. The molecular formula is C16H25N3O2. The fourth-order valence-corrected chi connectivity index (χ4v) is 2.94. The molecule has 0 aliphatic carbocycles. The molecule has 2 unspecified atom stereocenters. The van der Waals surface area contributed by atoms with Crippen LogP contribution in [0, 0.1) is 5.92 Å². The molecule has 0 spiro atoms. The number of carbonyl (C=O) groups is 1. The van der Waals surface area contributed by atoms with E-state index in [9.17, 15) is 4.79 Å². The van der Waals surface area contributed by atoms with Gasteiger partial charge >= 0.3 is 0 Å². The van der Waals surface area contributed by atoms with Gasteiger partial charge in [-0.3, -0.25) is 9.69 Å². The van der Waals surface area contributed by atoms with E-state index in [1.54, 1.807) is 7.11 Å². The normalized spacial score (nSPS) is 22.8. The number of likely N-dealkylation sites (tertiary alicyclic amines) is 1. The summed E-state index contributed by atoms with van der Waals surface area (Å²) in [5.74, 6) is 1.38. The second kappa shape index (κ2) is 7.43. The average Bonchev–Trinajstić information content (AvgIpc) is 2.44. The minimum atomic E-state index is 0.0298. The highest BCUT2D eigenvalue weighted by Gasteiger charge is 2.23. The lowest BCUT2D eigenvalue weighted by Crippen LogP contribution is -2.49. The van der Waals surface area contributed by atoms with Gasteiger partial charge in [-0.1, -0.05) is 25.1 Å². The number of nitrogens with two attached hydrogens (primary N) is 1. The lowest BCUT2D eigenvalue weighted by Gasteiger charge is -2.34. The van der Waals surface area contributed by atoms with Crippen LogP contribution in [-0.4, -0.2) is 43.6 Å². The third-order valence-corrected chi connectivity index (χ3v) is 3.80. The van der Waals surface area contributed by atoms with Crippen LogP contribution in [0.1, 0.15) is 18.9 Å². The predicted molar refractivity (Wildman–Crippen MR) is 83.0 cm³/mol. The number of amides is 1. The van der Waals surface area contributed by atoms with Gasteiger partial charge in [-0.2, -0.15) is 0 Å². The van der Waals surface area contributed by atoms with Crippen molar-refractivity contribution in [2.75, 3.05) is 26.7 Å². The molecule has 1 amide bonds. The van der Waals surface area contributed by atoms with Crippen LogP contribution in [0.5, 0.6) is 5.75 Å². The number of nitrogens with one attached hydrogen (secondary N) is 1. The smallest absolute Gasteiger partial charge is 0.234 e.